The maximum Gasteiger partial charge on any atom is 0.322 e. The topological polar surface area (TPSA) is 127 Å². The van der Waals surface area contributed by atoms with Crippen LogP contribution >= 0.6 is 0 Å². The molecule has 122 valence electrons. The van der Waals surface area contributed by atoms with Crippen molar-refractivity contribution in [3.63, 3.8) is 0 Å². The molecule has 22 heavy (non-hydrogen) atoms. The van der Waals surface area contributed by atoms with E-state index in [2.05, 4.69) is 4.72 Å². The van der Waals surface area contributed by atoms with Crippen LogP contribution in [0, 0.1) is 16.0 Å². The number of aliphatic carboxylic acids is 1. The molecule has 0 fully saturated rings. The van der Waals surface area contributed by atoms with Crippen molar-refractivity contribution in [2.45, 2.75) is 32.1 Å². The highest BCUT2D eigenvalue weighted by Gasteiger charge is 2.29. The summed E-state index contributed by atoms with van der Waals surface area (Å²) in [4.78, 5) is 21.4. The van der Waals surface area contributed by atoms with Crippen LogP contribution in [0.2, 0.25) is 0 Å². The predicted molar refractivity (Wildman–Crippen MR) is 79.7 cm³/mol. The number of nitrogens with zero attached hydrogens (tertiary/aromatic N) is 1. The molecular weight excluding hydrogens is 312 g/mol. The first kappa shape index (κ1) is 18.1. The van der Waals surface area contributed by atoms with E-state index < -0.39 is 38.6 Å². The minimum Gasteiger partial charge on any atom is -0.480 e. The van der Waals surface area contributed by atoms with Crippen molar-refractivity contribution in [1.29, 1.82) is 0 Å². The molecule has 2 N–H and O–H groups in total. The molecule has 0 spiro atoms. The van der Waals surface area contributed by atoms with Crippen molar-refractivity contribution in [3.8, 4) is 0 Å². The Morgan fingerprint density at radius 1 is 1.41 bits per heavy atom. The smallest absolute Gasteiger partial charge is 0.322 e. The normalized spacial score (nSPS) is 14.3. The molecule has 0 unspecified atom stereocenters. The number of carboxylic acids is 1. The third-order valence-corrected chi connectivity index (χ3v) is 4.62. The molecule has 0 amide bonds. The number of nitro benzene ring substituents is 1. The van der Waals surface area contributed by atoms with Crippen molar-refractivity contribution in [2.75, 3.05) is 0 Å². The van der Waals surface area contributed by atoms with Crippen LogP contribution in [0.3, 0.4) is 0 Å². The quantitative estimate of drug-likeness (QED) is 0.549. The van der Waals surface area contributed by atoms with Crippen LogP contribution in [0.1, 0.15) is 25.8 Å². The molecule has 0 aromatic heterocycles. The highest BCUT2D eigenvalue weighted by Crippen LogP contribution is 2.20. The first-order valence-corrected chi connectivity index (χ1v) is 8.28. The molecule has 0 saturated carbocycles. The summed E-state index contributed by atoms with van der Waals surface area (Å²) >= 11 is 0. The zero-order valence-electron chi connectivity index (χ0n) is 12.2. The number of rotatable bonds is 8. The maximum atomic E-state index is 12.1. The monoisotopic (exact) mass is 330 g/mol. The van der Waals surface area contributed by atoms with Gasteiger partial charge >= 0.3 is 5.97 Å². The van der Waals surface area contributed by atoms with Crippen molar-refractivity contribution in [1.82, 2.24) is 4.72 Å². The molecule has 0 saturated heterocycles. The van der Waals surface area contributed by atoms with E-state index >= 15 is 0 Å². The number of nitrogens with one attached hydrogen (secondary N) is 1. The van der Waals surface area contributed by atoms with Gasteiger partial charge in [0.25, 0.3) is 5.69 Å². The SMILES string of the molecule is CC[C@H](C)[C@H](NS(=O)(=O)Cc1ccccc1[N+](=O)[O-])C(=O)O. The molecule has 0 heterocycles. The summed E-state index contributed by atoms with van der Waals surface area (Å²) in [6.07, 6.45) is 0.477. The molecule has 1 aromatic rings. The zero-order chi connectivity index (χ0) is 16.9. The number of hydrogen-bond donors (Lipinski definition) is 2. The van der Waals surface area contributed by atoms with Crippen LogP contribution in [-0.2, 0) is 20.6 Å². The standard InChI is InChI=1S/C13H18N2O6S/c1-3-9(2)12(13(16)17)14-22(20,21)8-10-6-4-5-7-11(10)15(18)19/h4-7,9,12,14H,3,8H2,1-2H3,(H,16,17)/t9-,12-/m0/s1. The number of nitro groups is 1. The fourth-order valence-electron chi connectivity index (χ4n) is 1.90. The molecule has 1 aromatic carbocycles. The highest BCUT2D eigenvalue weighted by molar-refractivity contribution is 7.88. The lowest BCUT2D eigenvalue weighted by Gasteiger charge is -2.20. The van der Waals surface area contributed by atoms with E-state index in [-0.39, 0.29) is 11.3 Å². The summed E-state index contributed by atoms with van der Waals surface area (Å²) in [5, 5.41) is 20.0. The lowest BCUT2D eigenvalue weighted by molar-refractivity contribution is -0.385. The van der Waals surface area contributed by atoms with Crippen LogP contribution in [0.25, 0.3) is 0 Å². The molecule has 0 aliphatic rings. The van der Waals surface area contributed by atoms with Gasteiger partial charge in [-0.3, -0.25) is 14.9 Å². The first-order chi connectivity index (χ1) is 10.2. The lowest BCUT2D eigenvalue weighted by Crippen LogP contribution is -2.45. The van der Waals surface area contributed by atoms with Crippen LogP contribution in [0.15, 0.2) is 24.3 Å². The van der Waals surface area contributed by atoms with Gasteiger partial charge in [-0.05, 0) is 5.92 Å². The number of sulfonamides is 1. The predicted octanol–water partition coefficient (Wildman–Crippen LogP) is 1.51. The fourth-order valence-corrected chi connectivity index (χ4v) is 3.35. The minimum atomic E-state index is -4.03. The Labute approximate surface area is 128 Å². The average Bonchev–Trinajstić information content (AvgIpc) is 2.43. The molecule has 1 rings (SSSR count). The van der Waals surface area contributed by atoms with Gasteiger partial charge in [-0.1, -0.05) is 38.5 Å². The molecule has 8 nitrogen and oxygen atoms in total. The summed E-state index contributed by atoms with van der Waals surface area (Å²) in [5.41, 5.74) is -0.309. The third kappa shape index (κ3) is 4.78. The number of benzene rings is 1. The van der Waals surface area contributed by atoms with Gasteiger partial charge in [0, 0.05) is 11.6 Å². The summed E-state index contributed by atoms with van der Waals surface area (Å²) in [7, 11) is -4.03. The van der Waals surface area contributed by atoms with Crippen molar-refractivity contribution in [3.05, 3.63) is 39.9 Å². The average molecular weight is 330 g/mol. The molecule has 2 atom stereocenters. The number of carboxylic acid groups (broad SMARTS) is 1. The second-order valence-corrected chi connectivity index (χ2v) is 6.72. The van der Waals surface area contributed by atoms with E-state index in [9.17, 15) is 23.3 Å². The van der Waals surface area contributed by atoms with E-state index in [0.29, 0.717) is 6.42 Å². The van der Waals surface area contributed by atoms with Gasteiger partial charge in [0.2, 0.25) is 10.0 Å². The number of hydrogen-bond acceptors (Lipinski definition) is 5. The maximum absolute atomic E-state index is 12.1. The van der Waals surface area contributed by atoms with Crippen molar-refractivity contribution >= 4 is 21.7 Å². The van der Waals surface area contributed by atoms with Crippen LogP contribution in [0.5, 0.6) is 0 Å². The van der Waals surface area contributed by atoms with E-state index in [1.54, 1.807) is 13.8 Å². The Balaban J connectivity index is 3.01. The lowest BCUT2D eigenvalue weighted by atomic mass is 10.0. The number of para-hydroxylation sites is 1. The summed E-state index contributed by atoms with van der Waals surface area (Å²) in [5.74, 6) is -2.33. The Kier molecular flexibility index (Phi) is 6.01. The Hall–Kier alpha value is -2.00. The molecule has 0 radical (unpaired) electrons. The van der Waals surface area contributed by atoms with Gasteiger partial charge in [-0.2, -0.15) is 0 Å². The van der Waals surface area contributed by atoms with Crippen molar-refractivity contribution in [2.24, 2.45) is 5.92 Å². The van der Waals surface area contributed by atoms with E-state index in [1.165, 1.54) is 24.3 Å². The first-order valence-electron chi connectivity index (χ1n) is 6.63. The Morgan fingerprint density at radius 2 is 2.00 bits per heavy atom. The van der Waals surface area contributed by atoms with Gasteiger partial charge in [0.05, 0.1) is 10.7 Å². The van der Waals surface area contributed by atoms with E-state index in [1.807, 2.05) is 0 Å². The summed E-state index contributed by atoms with van der Waals surface area (Å²) < 4.78 is 26.3. The van der Waals surface area contributed by atoms with E-state index in [4.69, 9.17) is 5.11 Å². The molecular formula is C13H18N2O6S. The minimum absolute atomic E-state index is 0.00768. The Bertz CT molecular complexity index is 658. The van der Waals surface area contributed by atoms with Crippen LogP contribution < -0.4 is 4.72 Å². The molecule has 0 aliphatic heterocycles. The van der Waals surface area contributed by atoms with Gasteiger partial charge in [-0.25, -0.2) is 13.1 Å². The van der Waals surface area contributed by atoms with Crippen molar-refractivity contribution < 1.29 is 23.2 Å². The third-order valence-electron chi connectivity index (χ3n) is 3.32. The second kappa shape index (κ2) is 7.32. The van der Waals surface area contributed by atoms with E-state index in [0.717, 1.165) is 0 Å². The number of carbonyl (C=O) groups is 1. The Morgan fingerprint density at radius 3 is 2.50 bits per heavy atom. The van der Waals surface area contributed by atoms with Crippen LogP contribution in [-0.4, -0.2) is 30.5 Å². The summed E-state index contributed by atoms with van der Waals surface area (Å²) in [6, 6.07) is 4.19. The van der Waals surface area contributed by atoms with Crippen LogP contribution in [0.4, 0.5) is 5.69 Å². The fraction of sp³-hybridized carbons (Fsp3) is 0.462. The largest absolute Gasteiger partial charge is 0.480 e. The highest BCUT2D eigenvalue weighted by atomic mass is 32.2. The molecule has 0 aliphatic carbocycles. The van der Waals surface area contributed by atoms with Gasteiger partial charge in [0.1, 0.15) is 6.04 Å². The summed E-state index contributed by atoms with van der Waals surface area (Å²) in [6.45, 7) is 3.36. The van der Waals surface area contributed by atoms with Gasteiger partial charge in [0.15, 0.2) is 0 Å². The van der Waals surface area contributed by atoms with Gasteiger partial charge < -0.3 is 5.11 Å². The molecule has 0 bridgehead atoms. The zero-order valence-corrected chi connectivity index (χ0v) is 13.0. The second-order valence-electron chi connectivity index (χ2n) is 4.96. The van der Waals surface area contributed by atoms with Gasteiger partial charge in [-0.15, -0.1) is 0 Å². The molecule has 9 heteroatoms.